The molecule has 4 aromatic rings. The van der Waals surface area contributed by atoms with E-state index < -0.39 is 0 Å². The Balaban J connectivity index is 1.66. The normalized spacial score (nSPS) is 12.2. The Labute approximate surface area is 177 Å². The summed E-state index contributed by atoms with van der Waals surface area (Å²) in [6, 6.07) is 19.1. The fourth-order valence-corrected chi connectivity index (χ4v) is 4.14. The maximum atomic E-state index is 5.37. The van der Waals surface area contributed by atoms with Gasteiger partial charge >= 0.3 is 0 Å². The van der Waals surface area contributed by atoms with Crippen LogP contribution >= 0.6 is 27.3 Å². The number of nitrogens with zero attached hydrogens (tertiary/aromatic N) is 1. The number of hydrogen-bond donors (Lipinski definition) is 1. The van der Waals surface area contributed by atoms with Crippen molar-refractivity contribution >= 4 is 38.2 Å². The van der Waals surface area contributed by atoms with Crippen LogP contribution < -0.4 is 10.1 Å². The zero-order chi connectivity index (χ0) is 19.5. The van der Waals surface area contributed by atoms with Gasteiger partial charge in [0.2, 0.25) is 0 Å². The Bertz CT molecular complexity index is 1080. The summed E-state index contributed by atoms with van der Waals surface area (Å²) in [6.07, 6.45) is 0. The minimum atomic E-state index is 0.245. The van der Waals surface area contributed by atoms with Gasteiger partial charge in [-0.05, 0) is 59.8 Å². The molecule has 0 aliphatic rings. The van der Waals surface area contributed by atoms with Crippen LogP contribution in [0.15, 0.2) is 69.8 Å². The van der Waals surface area contributed by atoms with Gasteiger partial charge in [0, 0.05) is 39.5 Å². The zero-order valence-electron chi connectivity index (χ0n) is 15.8. The molecular weight excluding hydrogens is 432 g/mol. The molecule has 0 fully saturated rings. The van der Waals surface area contributed by atoms with Crippen molar-refractivity contribution in [1.29, 1.82) is 0 Å². The number of methoxy groups -OCH3 is 1. The first-order valence-corrected chi connectivity index (χ1v) is 10.9. The Morgan fingerprint density at radius 1 is 1.11 bits per heavy atom. The highest BCUT2D eigenvalue weighted by Gasteiger charge is 2.12. The highest BCUT2D eigenvalue weighted by Crippen LogP contribution is 2.29. The van der Waals surface area contributed by atoms with Gasteiger partial charge < -0.3 is 10.1 Å². The third-order valence-electron chi connectivity index (χ3n) is 4.87. The van der Waals surface area contributed by atoms with Crippen molar-refractivity contribution < 1.29 is 4.74 Å². The second-order valence-corrected chi connectivity index (χ2v) is 8.42. The predicted octanol–water partition coefficient (Wildman–Crippen LogP) is 6.59. The number of pyridine rings is 1. The van der Waals surface area contributed by atoms with Gasteiger partial charge in [-0.25, -0.2) is 4.98 Å². The third kappa shape index (κ3) is 4.12. The number of thiophene rings is 1. The Morgan fingerprint density at radius 2 is 1.93 bits per heavy atom. The summed E-state index contributed by atoms with van der Waals surface area (Å²) >= 11 is 5.19. The molecular formula is C23H21BrN2OS. The molecule has 4 rings (SSSR count). The van der Waals surface area contributed by atoms with Gasteiger partial charge in [0.1, 0.15) is 5.75 Å². The fourth-order valence-electron chi connectivity index (χ4n) is 3.23. The highest BCUT2D eigenvalue weighted by atomic mass is 79.9. The average molecular weight is 453 g/mol. The molecule has 1 N–H and O–H groups in total. The summed E-state index contributed by atoms with van der Waals surface area (Å²) in [7, 11) is 1.68. The molecule has 2 aromatic carbocycles. The minimum Gasteiger partial charge on any atom is -0.497 e. The summed E-state index contributed by atoms with van der Waals surface area (Å²) in [6.45, 7) is 2.93. The molecule has 0 bridgehead atoms. The van der Waals surface area contributed by atoms with Crippen molar-refractivity contribution in [3.05, 3.63) is 81.0 Å². The van der Waals surface area contributed by atoms with Crippen molar-refractivity contribution in [2.24, 2.45) is 0 Å². The van der Waals surface area contributed by atoms with Crippen LogP contribution in [0.1, 0.15) is 24.1 Å². The first kappa shape index (κ1) is 19.1. The number of nitrogens with one attached hydrogen (secondary N) is 1. The van der Waals surface area contributed by atoms with Crippen LogP contribution in [-0.2, 0) is 6.54 Å². The molecule has 28 heavy (non-hydrogen) atoms. The van der Waals surface area contributed by atoms with Gasteiger partial charge in [-0.1, -0.05) is 28.1 Å². The molecule has 2 heterocycles. The molecule has 0 saturated heterocycles. The first-order chi connectivity index (χ1) is 13.6. The number of aromatic nitrogens is 1. The Morgan fingerprint density at radius 3 is 2.64 bits per heavy atom. The minimum absolute atomic E-state index is 0.245. The van der Waals surface area contributed by atoms with E-state index in [2.05, 4.69) is 81.4 Å². The molecule has 0 radical (unpaired) electrons. The first-order valence-electron chi connectivity index (χ1n) is 9.13. The molecule has 0 saturated carbocycles. The van der Waals surface area contributed by atoms with Crippen LogP contribution in [0.4, 0.5) is 0 Å². The third-order valence-corrected chi connectivity index (χ3v) is 6.08. The van der Waals surface area contributed by atoms with Crippen LogP contribution in [0.2, 0.25) is 0 Å². The molecule has 0 spiro atoms. The lowest BCUT2D eigenvalue weighted by atomic mass is 10.0. The van der Waals surface area contributed by atoms with Crippen molar-refractivity contribution in [3.63, 3.8) is 0 Å². The lowest BCUT2D eigenvalue weighted by molar-refractivity contribution is 0.415. The van der Waals surface area contributed by atoms with E-state index in [9.17, 15) is 0 Å². The number of benzene rings is 2. The van der Waals surface area contributed by atoms with Crippen LogP contribution in [0.25, 0.3) is 22.2 Å². The molecule has 3 nitrogen and oxygen atoms in total. The zero-order valence-corrected chi connectivity index (χ0v) is 18.2. The smallest absolute Gasteiger partial charge is 0.121 e. The van der Waals surface area contributed by atoms with Crippen LogP contribution in [-0.4, -0.2) is 12.1 Å². The lowest BCUT2D eigenvalue weighted by Gasteiger charge is -2.17. The quantitative estimate of drug-likeness (QED) is 0.358. The number of rotatable bonds is 6. The Kier molecular flexibility index (Phi) is 5.76. The van der Waals surface area contributed by atoms with Gasteiger partial charge in [-0.15, -0.1) is 0 Å². The molecule has 142 valence electrons. The highest BCUT2D eigenvalue weighted by molar-refractivity contribution is 9.10. The van der Waals surface area contributed by atoms with Crippen LogP contribution in [0.3, 0.4) is 0 Å². The van der Waals surface area contributed by atoms with E-state index in [1.165, 1.54) is 11.1 Å². The van der Waals surface area contributed by atoms with Gasteiger partial charge in [-0.2, -0.15) is 11.3 Å². The van der Waals surface area contributed by atoms with E-state index in [1.54, 1.807) is 18.4 Å². The van der Waals surface area contributed by atoms with Crippen molar-refractivity contribution in [3.8, 4) is 17.0 Å². The van der Waals surface area contributed by atoms with E-state index in [1.807, 2.05) is 12.1 Å². The summed E-state index contributed by atoms with van der Waals surface area (Å²) in [5, 5.41) is 9.01. The molecule has 0 aliphatic carbocycles. The van der Waals surface area contributed by atoms with Gasteiger partial charge in [0.25, 0.3) is 0 Å². The SMILES string of the molecule is COc1ccc2cc(CNC(C)c3ccc(Br)cc3)c(-c3ccsc3)nc2c1. The van der Waals surface area contributed by atoms with E-state index in [0.717, 1.165) is 38.9 Å². The summed E-state index contributed by atoms with van der Waals surface area (Å²) in [5.74, 6) is 0.825. The molecule has 1 atom stereocenters. The van der Waals surface area contributed by atoms with Crippen molar-refractivity contribution in [2.75, 3.05) is 7.11 Å². The molecule has 5 heteroatoms. The second kappa shape index (κ2) is 8.43. The Hall–Kier alpha value is -2.21. The molecule has 0 amide bonds. The maximum Gasteiger partial charge on any atom is 0.121 e. The number of fused-ring (bicyclic) bond motifs is 1. The van der Waals surface area contributed by atoms with Crippen LogP contribution in [0.5, 0.6) is 5.75 Å². The topological polar surface area (TPSA) is 34.1 Å². The van der Waals surface area contributed by atoms with Crippen molar-refractivity contribution in [1.82, 2.24) is 10.3 Å². The molecule has 0 aliphatic heterocycles. The lowest BCUT2D eigenvalue weighted by Crippen LogP contribution is -2.18. The van der Waals surface area contributed by atoms with E-state index in [4.69, 9.17) is 9.72 Å². The second-order valence-electron chi connectivity index (χ2n) is 6.72. The predicted molar refractivity (Wildman–Crippen MR) is 121 cm³/mol. The van der Waals surface area contributed by atoms with Crippen LogP contribution in [0, 0.1) is 0 Å². The number of ether oxygens (including phenoxy) is 1. The molecule has 1 unspecified atom stereocenters. The summed E-state index contributed by atoms with van der Waals surface area (Å²) in [5.41, 5.74) is 5.59. The summed E-state index contributed by atoms with van der Waals surface area (Å²) < 4.78 is 6.46. The largest absolute Gasteiger partial charge is 0.497 e. The van der Waals surface area contributed by atoms with E-state index in [-0.39, 0.29) is 6.04 Å². The summed E-state index contributed by atoms with van der Waals surface area (Å²) in [4.78, 5) is 4.97. The van der Waals surface area contributed by atoms with Gasteiger partial charge in [0.15, 0.2) is 0 Å². The maximum absolute atomic E-state index is 5.37. The van der Waals surface area contributed by atoms with Crippen molar-refractivity contribution in [2.45, 2.75) is 19.5 Å². The van der Waals surface area contributed by atoms with E-state index >= 15 is 0 Å². The standard InChI is InChI=1S/C23H21BrN2OS/c1-15(16-3-6-20(24)7-4-16)25-13-19-11-17-5-8-21(27-2)12-22(17)26-23(19)18-9-10-28-14-18/h3-12,14-15,25H,13H2,1-2H3. The molecule has 2 aromatic heterocycles. The fraction of sp³-hybridized carbons (Fsp3) is 0.174. The van der Waals surface area contributed by atoms with Gasteiger partial charge in [-0.3, -0.25) is 0 Å². The van der Waals surface area contributed by atoms with E-state index in [0.29, 0.717) is 0 Å². The monoisotopic (exact) mass is 452 g/mol. The number of halogens is 1. The average Bonchev–Trinajstić information content (AvgIpc) is 3.26. The van der Waals surface area contributed by atoms with Gasteiger partial charge in [0.05, 0.1) is 18.3 Å². The number of hydrogen-bond acceptors (Lipinski definition) is 4.